The van der Waals surface area contributed by atoms with E-state index in [0.29, 0.717) is 29.7 Å². The van der Waals surface area contributed by atoms with Crippen LogP contribution in [0.5, 0.6) is 11.5 Å². The third kappa shape index (κ3) is 4.90. The first-order chi connectivity index (χ1) is 14.1. The van der Waals surface area contributed by atoms with Crippen LogP contribution in [-0.2, 0) is 13.2 Å². The summed E-state index contributed by atoms with van der Waals surface area (Å²) in [6, 6.07) is 19.3. The number of hydrogen-bond acceptors (Lipinski definition) is 4. The second kappa shape index (κ2) is 9.61. The summed E-state index contributed by atoms with van der Waals surface area (Å²) < 4.78 is 11.4. The van der Waals surface area contributed by atoms with E-state index in [2.05, 4.69) is 15.3 Å². The van der Waals surface area contributed by atoms with Crippen molar-refractivity contribution in [1.82, 2.24) is 9.97 Å². The number of anilines is 1. The maximum atomic E-state index is 11.4. The highest BCUT2D eigenvalue weighted by molar-refractivity contribution is 6.32. The number of methoxy groups -OCH3 is 1. The zero-order chi connectivity index (χ0) is 20.2. The second-order valence-corrected chi connectivity index (χ2v) is 6.98. The van der Waals surface area contributed by atoms with E-state index in [9.17, 15) is 4.79 Å². The normalized spacial score (nSPS) is 10.5. The van der Waals surface area contributed by atoms with Crippen LogP contribution in [0.1, 0.15) is 11.1 Å². The third-order valence-corrected chi connectivity index (χ3v) is 4.81. The molecule has 1 heterocycles. The first-order valence-electron chi connectivity index (χ1n) is 9.11. The lowest BCUT2D eigenvalue weighted by Gasteiger charge is -2.15. The van der Waals surface area contributed by atoms with Gasteiger partial charge in [-0.25, -0.2) is 4.79 Å². The van der Waals surface area contributed by atoms with Gasteiger partial charge < -0.3 is 24.8 Å². The molecule has 0 amide bonds. The maximum Gasteiger partial charge on any atom is 0.323 e. The van der Waals surface area contributed by atoms with E-state index in [1.807, 2.05) is 60.7 Å². The lowest BCUT2D eigenvalue weighted by atomic mass is 10.2. The summed E-state index contributed by atoms with van der Waals surface area (Å²) in [6.07, 6.45) is 0. The van der Waals surface area contributed by atoms with Gasteiger partial charge in [0.15, 0.2) is 11.5 Å². The number of nitrogens with one attached hydrogen (secondary N) is 3. The van der Waals surface area contributed by atoms with Crippen LogP contribution >= 0.6 is 24.0 Å². The number of aromatic nitrogens is 2. The first kappa shape index (κ1) is 21.6. The number of hydrogen-bond donors (Lipinski definition) is 3. The van der Waals surface area contributed by atoms with E-state index in [0.717, 1.165) is 27.8 Å². The number of H-pyrrole nitrogens is 2. The Morgan fingerprint density at radius 2 is 1.73 bits per heavy atom. The minimum absolute atomic E-state index is 0. The van der Waals surface area contributed by atoms with Crippen LogP contribution in [0.15, 0.2) is 65.5 Å². The van der Waals surface area contributed by atoms with Gasteiger partial charge in [0, 0.05) is 12.2 Å². The van der Waals surface area contributed by atoms with Crippen molar-refractivity contribution in [2.75, 3.05) is 12.4 Å². The molecule has 0 aliphatic heterocycles. The van der Waals surface area contributed by atoms with Gasteiger partial charge in [-0.05, 0) is 41.5 Å². The highest BCUT2D eigenvalue weighted by Gasteiger charge is 2.12. The molecule has 4 aromatic rings. The zero-order valence-electron chi connectivity index (χ0n) is 16.2. The SMILES string of the molecule is COc1cc(CNc2ccc3[nH]c(=O)[nH]c3c2)cc(Cl)c1OCc1ccccc1.Cl. The van der Waals surface area contributed by atoms with Crippen molar-refractivity contribution < 1.29 is 9.47 Å². The Bertz CT molecular complexity index is 1190. The molecule has 0 saturated carbocycles. The topological polar surface area (TPSA) is 79.1 Å². The van der Waals surface area contributed by atoms with Crippen LogP contribution < -0.4 is 20.5 Å². The van der Waals surface area contributed by atoms with Crippen molar-refractivity contribution >= 4 is 40.7 Å². The second-order valence-electron chi connectivity index (χ2n) is 6.58. The van der Waals surface area contributed by atoms with Crippen molar-refractivity contribution in [1.29, 1.82) is 0 Å². The van der Waals surface area contributed by atoms with Crippen molar-refractivity contribution in [2.24, 2.45) is 0 Å². The molecule has 0 spiro atoms. The van der Waals surface area contributed by atoms with Gasteiger partial charge in [-0.15, -0.1) is 12.4 Å². The number of halogens is 2. The van der Waals surface area contributed by atoms with Crippen molar-refractivity contribution in [3.8, 4) is 11.5 Å². The van der Waals surface area contributed by atoms with Gasteiger partial charge >= 0.3 is 5.69 Å². The van der Waals surface area contributed by atoms with Crippen LogP contribution in [-0.4, -0.2) is 17.1 Å². The fourth-order valence-electron chi connectivity index (χ4n) is 3.09. The summed E-state index contributed by atoms with van der Waals surface area (Å²) in [5.74, 6) is 1.10. The Balaban J connectivity index is 0.00000256. The van der Waals surface area contributed by atoms with Gasteiger partial charge in [0.25, 0.3) is 0 Å². The molecule has 1 aromatic heterocycles. The fourth-order valence-corrected chi connectivity index (χ4v) is 3.38. The first-order valence-corrected chi connectivity index (χ1v) is 9.49. The van der Waals surface area contributed by atoms with Crippen molar-refractivity contribution in [3.63, 3.8) is 0 Å². The van der Waals surface area contributed by atoms with E-state index in [1.54, 1.807) is 7.11 Å². The van der Waals surface area contributed by atoms with Crippen LogP contribution in [0.4, 0.5) is 5.69 Å². The number of imidazole rings is 1. The smallest absolute Gasteiger partial charge is 0.323 e. The Morgan fingerprint density at radius 1 is 0.967 bits per heavy atom. The van der Waals surface area contributed by atoms with Gasteiger partial charge in [-0.3, -0.25) is 0 Å². The third-order valence-electron chi connectivity index (χ3n) is 4.53. The number of benzene rings is 3. The predicted molar refractivity (Wildman–Crippen MR) is 122 cm³/mol. The number of ether oxygens (including phenoxy) is 2. The minimum atomic E-state index is -0.222. The molecule has 3 aromatic carbocycles. The molecule has 8 heteroatoms. The van der Waals surface area contributed by atoms with Crippen LogP contribution in [0.2, 0.25) is 5.02 Å². The summed E-state index contributed by atoms with van der Waals surface area (Å²) in [5.41, 5.74) is 4.17. The lowest BCUT2D eigenvalue weighted by Crippen LogP contribution is -2.02. The lowest BCUT2D eigenvalue weighted by molar-refractivity contribution is 0.284. The maximum absolute atomic E-state index is 11.4. The minimum Gasteiger partial charge on any atom is -0.493 e. The molecular weight excluding hydrogens is 425 g/mol. The summed E-state index contributed by atoms with van der Waals surface area (Å²) in [7, 11) is 1.59. The van der Waals surface area contributed by atoms with E-state index in [-0.39, 0.29) is 18.1 Å². The quantitative estimate of drug-likeness (QED) is 0.368. The Labute approximate surface area is 184 Å². The highest BCUT2D eigenvalue weighted by Crippen LogP contribution is 2.37. The summed E-state index contributed by atoms with van der Waals surface area (Å²) in [5, 5.41) is 3.82. The summed E-state index contributed by atoms with van der Waals surface area (Å²) >= 11 is 6.47. The van der Waals surface area contributed by atoms with E-state index >= 15 is 0 Å². The molecule has 3 N–H and O–H groups in total. The van der Waals surface area contributed by atoms with Crippen molar-refractivity contribution in [3.05, 3.63) is 87.3 Å². The molecule has 6 nitrogen and oxygen atoms in total. The molecule has 0 bridgehead atoms. The molecule has 0 saturated heterocycles. The van der Waals surface area contributed by atoms with E-state index in [4.69, 9.17) is 21.1 Å². The monoisotopic (exact) mass is 445 g/mol. The highest BCUT2D eigenvalue weighted by atomic mass is 35.5. The Kier molecular flexibility index (Phi) is 6.92. The molecule has 156 valence electrons. The molecule has 30 heavy (non-hydrogen) atoms. The molecule has 0 aliphatic carbocycles. The predicted octanol–water partition coefficient (Wildman–Crippen LogP) is 5.13. The molecular formula is C22H21Cl2N3O3. The molecule has 0 aliphatic rings. The largest absolute Gasteiger partial charge is 0.493 e. The number of rotatable bonds is 7. The summed E-state index contributed by atoms with van der Waals surface area (Å²) in [6.45, 7) is 0.943. The van der Waals surface area contributed by atoms with Crippen LogP contribution in [0, 0.1) is 0 Å². The summed E-state index contributed by atoms with van der Waals surface area (Å²) in [4.78, 5) is 16.9. The molecule has 0 radical (unpaired) electrons. The standard InChI is InChI=1S/C22H20ClN3O3.ClH/c1-28-20-10-15(9-17(23)21(20)29-13-14-5-3-2-4-6-14)12-24-16-7-8-18-19(11-16)26-22(27)25-18;/h2-11,24H,12-13H2,1H3,(H2,25,26,27);1H. The van der Waals surface area contributed by atoms with Gasteiger partial charge in [-0.2, -0.15) is 0 Å². The van der Waals surface area contributed by atoms with Gasteiger partial charge in [-0.1, -0.05) is 41.9 Å². The van der Waals surface area contributed by atoms with Gasteiger partial charge in [0.1, 0.15) is 6.61 Å². The van der Waals surface area contributed by atoms with Gasteiger partial charge in [0.2, 0.25) is 0 Å². The Hall–Kier alpha value is -3.09. The molecule has 4 rings (SSSR count). The van der Waals surface area contributed by atoms with E-state index in [1.165, 1.54) is 0 Å². The molecule has 0 unspecified atom stereocenters. The molecule has 0 fully saturated rings. The average molecular weight is 446 g/mol. The molecule has 0 atom stereocenters. The number of aromatic amines is 2. The fraction of sp³-hybridized carbons (Fsp3) is 0.136. The van der Waals surface area contributed by atoms with Crippen molar-refractivity contribution in [2.45, 2.75) is 13.2 Å². The van der Waals surface area contributed by atoms with Gasteiger partial charge in [0.05, 0.1) is 23.2 Å². The van der Waals surface area contributed by atoms with Crippen LogP contribution in [0.3, 0.4) is 0 Å². The average Bonchev–Trinajstić information content (AvgIpc) is 3.11. The van der Waals surface area contributed by atoms with Crippen LogP contribution in [0.25, 0.3) is 11.0 Å². The number of fused-ring (bicyclic) bond motifs is 1. The zero-order valence-corrected chi connectivity index (χ0v) is 17.8. The van der Waals surface area contributed by atoms with E-state index < -0.39 is 0 Å². The Morgan fingerprint density at radius 3 is 2.50 bits per heavy atom.